The van der Waals surface area contributed by atoms with Gasteiger partial charge in [0.2, 0.25) is 0 Å². The van der Waals surface area contributed by atoms with Crippen LogP contribution in [0.4, 0.5) is 0 Å². The number of carbonyl (C=O) groups is 1. The van der Waals surface area contributed by atoms with Gasteiger partial charge in [0, 0.05) is 25.0 Å². The van der Waals surface area contributed by atoms with Crippen LogP contribution in [0.25, 0.3) is 0 Å². The lowest BCUT2D eigenvalue weighted by Gasteiger charge is -2.28. The highest BCUT2D eigenvalue weighted by molar-refractivity contribution is 5.49. The molecule has 2 rings (SSSR count). The SMILES string of the molecule is CC1CCC(CCC=O)N1Cc1ccccc1. The van der Waals surface area contributed by atoms with Crippen LogP contribution in [0.3, 0.4) is 0 Å². The summed E-state index contributed by atoms with van der Waals surface area (Å²) in [6.07, 6.45) is 5.26. The fourth-order valence-electron chi connectivity index (χ4n) is 2.77. The number of likely N-dealkylation sites (tertiary alicyclic amines) is 1. The Morgan fingerprint density at radius 2 is 2.06 bits per heavy atom. The molecule has 1 saturated heterocycles. The van der Waals surface area contributed by atoms with Gasteiger partial charge in [-0.3, -0.25) is 4.90 Å². The Kier molecular flexibility index (Phi) is 4.32. The largest absolute Gasteiger partial charge is 0.303 e. The summed E-state index contributed by atoms with van der Waals surface area (Å²) in [4.78, 5) is 13.0. The van der Waals surface area contributed by atoms with Crippen molar-refractivity contribution in [1.82, 2.24) is 4.90 Å². The van der Waals surface area contributed by atoms with Gasteiger partial charge in [0.25, 0.3) is 0 Å². The number of carbonyl (C=O) groups excluding carboxylic acids is 1. The van der Waals surface area contributed by atoms with E-state index in [9.17, 15) is 4.79 Å². The number of hydrogen-bond donors (Lipinski definition) is 0. The molecule has 92 valence electrons. The van der Waals surface area contributed by atoms with Gasteiger partial charge in [-0.15, -0.1) is 0 Å². The second kappa shape index (κ2) is 5.97. The minimum Gasteiger partial charge on any atom is -0.303 e. The van der Waals surface area contributed by atoms with Crippen LogP contribution in [0.2, 0.25) is 0 Å². The van der Waals surface area contributed by atoms with Crippen LogP contribution in [0.1, 0.15) is 38.2 Å². The Morgan fingerprint density at radius 1 is 1.29 bits per heavy atom. The van der Waals surface area contributed by atoms with Gasteiger partial charge >= 0.3 is 0 Å². The molecule has 0 aromatic heterocycles. The second-order valence-electron chi connectivity index (χ2n) is 4.98. The van der Waals surface area contributed by atoms with E-state index in [4.69, 9.17) is 0 Å². The Bertz CT molecular complexity index is 349. The first-order chi connectivity index (χ1) is 8.31. The average molecular weight is 231 g/mol. The summed E-state index contributed by atoms with van der Waals surface area (Å²) >= 11 is 0. The number of aldehydes is 1. The molecular formula is C15H21NO. The van der Waals surface area contributed by atoms with E-state index in [0.717, 1.165) is 19.3 Å². The second-order valence-corrected chi connectivity index (χ2v) is 4.98. The van der Waals surface area contributed by atoms with Crippen LogP contribution in [-0.2, 0) is 11.3 Å². The molecule has 2 nitrogen and oxygen atoms in total. The quantitative estimate of drug-likeness (QED) is 0.726. The number of benzene rings is 1. The zero-order valence-corrected chi connectivity index (χ0v) is 10.5. The molecule has 1 aliphatic rings. The smallest absolute Gasteiger partial charge is 0.120 e. The first kappa shape index (κ1) is 12.3. The van der Waals surface area contributed by atoms with Crippen molar-refractivity contribution in [2.75, 3.05) is 0 Å². The zero-order chi connectivity index (χ0) is 12.1. The van der Waals surface area contributed by atoms with Crippen molar-refractivity contribution in [2.24, 2.45) is 0 Å². The van der Waals surface area contributed by atoms with Gasteiger partial charge in [-0.05, 0) is 31.7 Å². The highest BCUT2D eigenvalue weighted by Gasteiger charge is 2.29. The van der Waals surface area contributed by atoms with Crippen LogP contribution >= 0.6 is 0 Å². The van der Waals surface area contributed by atoms with Crippen molar-refractivity contribution < 1.29 is 4.79 Å². The number of hydrogen-bond acceptors (Lipinski definition) is 2. The zero-order valence-electron chi connectivity index (χ0n) is 10.5. The van der Waals surface area contributed by atoms with Gasteiger partial charge in [0.15, 0.2) is 0 Å². The Morgan fingerprint density at radius 3 is 2.76 bits per heavy atom. The van der Waals surface area contributed by atoms with Crippen molar-refractivity contribution in [3.05, 3.63) is 35.9 Å². The van der Waals surface area contributed by atoms with E-state index in [1.165, 1.54) is 18.4 Å². The molecule has 0 saturated carbocycles. The molecule has 1 heterocycles. The van der Waals surface area contributed by atoms with Gasteiger partial charge in [-0.25, -0.2) is 0 Å². The first-order valence-electron chi connectivity index (χ1n) is 6.54. The normalized spacial score (nSPS) is 25.0. The molecule has 2 atom stereocenters. The minimum atomic E-state index is 0.593. The maximum atomic E-state index is 10.5. The van der Waals surface area contributed by atoms with E-state index in [1.807, 2.05) is 0 Å². The van der Waals surface area contributed by atoms with Crippen LogP contribution < -0.4 is 0 Å². The summed E-state index contributed by atoms with van der Waals surface area (Å²) in [6, 6.07) is 11.8. The summed E-state index contributed by atoms with van der Waals surface area (Å²) in [6.45, 7) is 3.31. The summed E-state index contributed by atoms with van der Waals surface area (Å²) in [5, 5.41) is 0. The Labute approximate surface area is 104 Å². The maximum absolute atomic E-state index is 10.5. The van der Waals surface area contributed by atoms with Gasteiger partial charge in [-0.2, -0.15) is 0 Å². The maximum Gasteiger partial charge on any atom is 0.120 e. The van der Waals surface area contributed by atoms with E-state index >= 15 is 0 Å². The number of nitrogens with zero attached hydrogens (tertiary/aromatic N) is 1. The Hall–Kier alpha value is -1.15. The van der Waals surface area contributed by atoms with Gasteiger partial charge in [-0.1, -0.05) is 30.3 Å². The average Bonchev–Trinajstić information content (AvgIpc) is 2.70. The fraction of sp³-hybridized carbons (Fsp3) is 0.533. The summed E-state index contributed by atoms with van der Waals surface area (Å²) in [7, 11) is 0. The van der Waals surface area contributed by atoms with Gasteiger partial charge in [0.05, 0.1) is 0 Å². The van der Waals surface area contributed by atoms with Crippen molar-refractivity contribution >= 4 is 6.29 Å². The Balaban J connectivity index is 1.98. The lowest BCUT2D eigenvalue weighted by atomic mass is 10.1. The summed E-state index contributed by atoms with van der Waals surface area (Å²) < 4.78 is 0. The van der Waals surface area contributed by atoms with E-state index in [0.29, 0.717) is 18.5 Å². The minimum absolute atomic E-state index is 0.593. The molecule has 1 aromatic rings. The van der Waals surface area contributed by atoms with Crippen molar-refractivity contribution in [3.8, 4) is 0 Å². The third-order valence-corrected chi connectivity index (χ3v) is 3.78. The molecule has 2 unspecified atom stereocenters. The summed E-state index contributed by atoms with van der Waals surface area (Å²) in [5.41, 5.74) is 1.37. The predicted molar refractivity (Wildman–Crippen MR) is 69.8 cm³/mol. The molecule has 0 amide bonds. The highest BCUT2D eigenvalue weighted by Crippen LogP contribution is 2.28. The molecule has 0 bridgehead atoms. The third kappa shape index (κ3) is 3.16. The molecule has 0 spiro atoms. The van der Waals surface area contributed by atoms with E-state index < -0.39 is 0 Å². The lowest BCUT2D eigenvalue weighted by Crippen LogP contribution is -2.34. The number of rotatable bonds is 5. The summed E-state index contributed by atoms with van der Waals surface area (Å²) in [5.74, 6) is 0. The first-order valence-corrected chi connectivity index (χ1v) is 6.54. The van der Waals surface area contributed by atoms with Gasteiger partial charge in [0.1, 0.15) is 6.29 Å². The third-order valence-electron chi connectivity index (χ3n) is 3.78. The molecule has 0 aliphatic carbocycles. The molecule has 2 heteroatoms. The molecule has 1 fully saturated rings. The standard InChI is InChI=1S/C15H21NO/c1-13-9-10-15(8-5-11-17)16(13)12-14-6-3-2-4-7-14/h2-4,6-7,11,13,15H,5,8-10,12H2,1H3. The highest BCUT2D eigenvalue weighted by atomic mass is 16.1. The van der Waals surface area contributed by atoms with Crippen molar-refractivity contribution in [3.63, 3.8) is 0 Å². The molecule has 1 aliphatic heterocycles. The fourth-order valence-corrected chi connectivity index (χ4v) is 2.77. The monoisotopic (exact) mass is 231 g/mol. The topological polar surface area (TPSA) is 20.3 Å². The van der Waals surface area contributed by atoms with E-state index in [-0.39, 0.29) is 0 Å². The molecule has 17 heavy (non-hydrogen) atoms. The van der Waals surface area contributed by atoms with Crippen molar-refractivity contribution in [1.29, 1.82) is 0 Å². The predicted octanol–water partition coefficient (Wildman–Crippen LogP) is 3.02. The van der Waals surface area contributed by atoms with E-state index in [2.05, 4.69) is 42.2 Å². The molecular weight excluding hydrogens is 210 g/mol. The lowest BCUT2D eigenvalue weighted by molar-refractivity contribution is -0.108. The van der Waals surface area contributed by atoms with Crippen LogP contribution in [0.5, 0.6) is 0 Å². The molecule has 0 N–H and O–H groups in total. The van der Waals surface area contributed by atoms with Crippen LogP contribution in [0, 0.1) is 0 Å². The molecule has 0 radical (unpaired) electrons. The van der Waals surface area contributed by atoms with E-state index in [1.54, 1.807) is 0 Å². The molecule has 1 aromatic carbocycles. The van der Waals surface area contributed by atoms with Gasteiger partial charge < -0.3 is 4.79 Å². The van der Waals surface area contributed by atoms with Crippen LogP contribution in [-0.4, -0.2) is 23.3 Å². The van der Waals surface area contributed by atoms with Crippen LogP contribution in [0.15, 0.2) is 30.3 Å². The van der Waals surface area contributed by atoms with Crippen molar-refractivity contribution in [2.45, 2.75) is 51.2 Å².